The minimum Gasteiger partial charge on any atom is -0.396 e. The molecule has 0 heterocycles. The van der Waals surface area contributed by atoms with E-state index in [-0.39, 0.29) is 18.4 Å². The largest absolute Gasteiger partial charge is 0.396 e. The lowest BCUT2D eigenvalue weighted by atomic mass is 10.1. The van der Waals surface area contributed by atoms with E-state index in [1.165, 1.54) is 7.11 Å². The van der Waals surface area contributed by atoms with Gasteiger partial charge in [-0.15, -0.1) is 0 Å². The number of carbonyl (C=O) groups excluding carboxylic acids is 1. The first-order valence-corrected chi connectivity index (χ1v) is 5.65. The number of rotatable bonds is 6. The van der Waals surface area contributed by atoms with E-state index in [4.69, 9.17) is 9.84 Å². The molecule has 0 fully saturated rings. The van der Waals surface area contributed by atoms with Crippen molar-refractivity contribution in [1.29, 1.82) is 0 Å². The molecule has 2 N–H and O–H groups in total. The highest BCUT2D eigenvalue weighted by Crippen LogP contribution is 2.16. The minimum atomic E-state index is -0.595. The van der Waals surface area contributed by atoms with Gasteiger partial charge >= 0.3 is 0 Å². The van der Waals surface area contributed by atoms with Crippen LogP contribution in [0, 0.1) is 5.92 Å². The van der Waals surface area contributed by atoms with E-state index in [9.17, 15) is 4.79 Å². The third-order valence-electron chi connectivity index (χ3n) is 2.51. The van der Waals surface area contributed by atoms with E-state index in [2.05, 4.69) is 5.32 Å². The Morgan fingerprint density at radius 3 is 2.59 bits per heavy atom. The smallest absolute Gasteiger partial charge is 0.253 e. The van der Waals surface area contributed by atoms with E-state index in [1.54, 1.807) is 0 Å². The number of hydrogen-bond acceptors (Lipinski definition) is 3. The molecule has 0 saturated heterocycles. The molecule has 0 radical (unpaired) electrons. The van der Waals surface area contributed by atoms with Crippen LogP contribution in [0.4, 0.5) is 0 Å². The lowest BCUT2D eigenvalue weighted by Crippen LogP contribution is -2.34. The first kappa shape index (κ1) is 13.7. The summed E-state index contributed by atoms with van der Waals surface area (Å²) in [7, 11) is 1.51. The molecule has 0 aliphatic carbocycles. The van der Waals surface area contributed by atoms with Crippen LogP contribution in [0.3, 0.4) is 0 Å². The van der Waals surface area contributed by atoms with Gasteiger partial charge in [-0.05, 0) is 11.5 Å². The second-order valence-electron chi connectivity index (χ2n) is 4.06. The zero-order chi connectivity index (χ0) is 12.7. The summed E-state index contributed by atoms with van der Waals surface area (Å²) in [6.07, 6.45) is -0.595. The van der Waals surface area contributed by atoms with Crippen LogP contribution in [0.1, 0.15) is 18.6 Å². The minimum absolute atomic E-state index is 0.0484. The predicted octanol–water partition coefficient (Wildman–Crippen LogP) is 1.12. The third-order valence-corrected chi connectivity index (χ3v) is 2.51. The van der Waals surface area contributed by atoms with Crippen LogP contribution in [0.15, 0.2) is 30.3 Å². The normalized spacial score (nSPS) is 14.1. The van der Waals surface area contributed by atoms with E-state index in [0.29, 0.717) is 6.54 Å². The monoisotopic (exact) mass is 237 g/mol. The van der Waals surface area contributed by atoms with E-state index < -0.39 is 6.10 Å². The molecule has 1 amide bonds. The number of amides is 1. The topological polar surface area (TPSA) is 58.6 Å². The van der Waals surface area contributed by atoms with Crippen molar-refractivity contribution in [1.82, 2.24) is 5.32 Å². The Morgan fingerprint density at radius 2 is 2.06 bits per heavy atom. The van der Waals surface area contributed by atoms with E-state index >= 15 is 0 Å². The Morgan fingerprint density at radius 1 is 1.41 bits per heavy atom. The lowest BCUT2D eigenvalue weighted by Gasteiger charge is -2.17. The molecular weight excluding hydrogens is 218 g/mol. The summed E-state index contributed by atoms with van der Waals surface area (Å²) in [4.78, 5) is 11.9. The van der Waals surface area contributed by atoms with Gasteiger partial charge in [0.05, 0.1) is 0 Å². The molecule has 4 nitrogen and oxygen atoms in total. The molecule has 17 heavy (non-hydrogen) atoms. The molecule has 1 aromatic carbocycles. The Bertz CT molecular complexity index is 340. The number of aliphatic hydroxyl groups excluding tert-OH is 1. The maximum atomic E-state index is 11.9. The number of nitrogens with one attached hydrogen (secondary N) is 1. The Labute approximate surface area is 102 Å². The lowest BCUT2D eigenvalue weighted by molar-refractivity contribution is -0.131. The highest BCUT2D eigenvalue weighted by Gasteiger charge is 2.19. The molecule has 1 rings (SSSR count). The van der Waals surface area contributed by atoms with Crippen LogP contribution < -0.4 is 5.32 Å². The van der Waals surface area contributed by atoms with Gasteiger partial charge in [0, 0.05) is 20.3 Å². The molecule has 94 valence electrons. The summed E-state index contributed by atoms with van der Waals surface area (Å²) in [5.74, 6) is -0.133. The molecule has 0 bridgehead atoms. The Balaban J connectivity index is 2.59. The number of methoxy groups -OCH3 is 1. The van der Waals surface area contributed by atoms with Crippen LogP contribution in [0.2, 0.25) is 0 Å². The molecule has 1 aromatic rings. The second kappa shape index (κ2) is 7.04. The first-order chi connectivity index (χ1) is 8.19. The second-order valence-corrected chi connectivity index (χ2v) is 4.06. The molecule has 0 spiro atoms. The molecule has 2 unspecified atom stereocenters. The number of hydrogen-bond donors (Lipinski definition) is 2. The van der Waals surface area contributed by atoms with Gasteiger partial charge in [-0.3, -0.25) is 4.79 Å². The zero-order valence-electron chi connectivity index (χ0n) is 10.2. The van der Waals surface area contributed by atoms with Crippen LogP contribution in [-0.2, 0) is 9.53 Å². The highest BCUT2D eigenvalue weighted by molar-refractivity contribution is 5.82. The molecule has 0 aliphatic heterocycles. The van der Waals surface area contributed by atoms with Gasteiger partial charge in [0.1, 0.15) is 0 Å². The first-order valence-electron chi connectivity index (χ1n) is 5.65. The molecule has 0 aromatic heterocycles. The number of aliphatic hydroxyl groups is 1. The van der Waals surface area contributed by atoms with Gasteiger partial charge < -0.3 is 15.2 Å². The van der Waals surface area contributed by atoms with Crippen molar-refractivity contribution < 1.29 is 14.6 Å². The Kier molecular flexibility index (Phi) is 5.66. The quantitative estimate of drug-likeness (QED) is 0.779. The van der Waals surface area contributed by atoms with Crippen molar-refractivity contribution in [2.75, 3.05) is 20.3 Å². The SMILES string of the molecule is COC(C(=O)NCC(C)CO)c1ccccc1. The summed E-state index contributed by atoms with van der Waals surface area (Å²) < 4.78 is 5.19. The molecule has 2 atom stereocenters. The van der Waals surface area contributed by atoms with Gasteiger partial charge in [0.2, 0.25) is 0 Å². The van der Waals surface area contributed by atoms with Gasteiger partial charge in [-0.1, -0.05) is 37.3 Å². The summed E-state index contributed by atoms with van der Waals surface area (Å²) >= 11 is 0. The number of carbonyl (C=O) groups is 1. The van der Waals surface area contributed by atoms with Gasteiger partial charge in [0.25, 0.3) is 5.91 Å². The fraction of sp³-hybridized carbons (Fsp3) is 0.462. The van der Waals surface area contributed by atoms with Crippen LogP contribution in [-0.4, -0.2) is 31.3 Å². The van der Waals surface area contributed by atoms with Crippen LogP contribution in [0.25, 0.3) is 0 Å². The average molecular weight is 237 g/mol. The van der Waals surface area contributed by atoms with Crippen molar-refractivity contribution in [2.24, 2.45) is 5.92 Å². The standard InChI is InChI=1S/C13H19NO3/c1-10(9-15)8-14-13(16)12(17-2)11-6-4-3-5-7-11/h3-7,10,12,15H,8-9H2,1-2H3,(H,14,16). The molecule has 4 heteroatoms. The fourth-order valence-corrected chi connectivity index (χ4v) is 1.45. The molecule has 0 aliphatic rings. The van der Waals surface area contributed by atoms with Crippen molar-refractivity contribution in [3.05, 3.63) is 35.9 Å². The van der Waals surface area contributed by atoms with Crippen molar-refractivity contribution in [3.8, 4) is 0 Å². The maximum Gasteiger partial charge on any atom is 0.253 e. The summed E-state index contributed by atoms with van der Waals surface area (Å²) in [6.45, 7) is 2.37. The highest BCUT2D eigenvalue weighted by atomic mass is 16.5. The van der Waals surface area contributed by atoms with Crippen molar-refractivity contribution >= 4 is 5.91 Å². The summed E-state index contributed by atoms with van der Waals surface area (Å²) in [5.41, 5.74) is 0.823. The van der Waals surface area contributed by atoms with Crippen LogP contribution in [0.5, 0.6) is 0 Å². The van der Waals surface area contributed by atoms with Crippen LogP contribution >= 0.6 is 0 Å². The summed E-state index contributed by atoms with van der Waals surface area (Å²) in [6, 6.07) is 9.32. The predicted molar refractivity (Wildman–Crippen MR) is 65.5 cm³/mol. The fourth-order valence-electron chi connectivity index (χ4n) is 1.45. The zero-order valence-corrected chi connectivity index (χ0v) is 10.2. The Hall–Kier alpha value is -1.39. The van der Waals surface area contributed by atoms with E-state index in [0.717, 1.165) is 5.56 Å². The van der Waals surface area contributed by atoms with Crippen molar-refractivity contribution in [2.45, 2.75) is 13.0 Å². The molecular formula is C13H19NO3. The van der Waals surface area contributed by atoms with E-state index in [1.807, 2.05) is 37.3 Å². The maximum absolute atomic E-state index is 11.9. The van der Waals surface area contributed by atoms with Gasteiger partial charge in [-0.2, -0.15) is 0 Å². The average Bonchev–Trinajstić information content (AvgIpc) is 2.38. The number of benzene rings is 1. The molecule has 0 saturated carbocycles. The number of ether oxygens (including phenoxy) is 1. The van der Waals surface area contributed by atoms with Gasteiger partial charge in [0.15, 0.2) is 6.10 Å². The summed E-state index contributed by atoms with van der Waals surface area (Å²) in [5, 5.41) is 11.6. The third kappa shape index (κ3) is 4.17. The van der Waals surface area contributed by atoms with Crippen molar-refractivity contribution in [3.63, 3.8) is 0 Å². The van der Waals surface area contributed by atoms with Gasteiger partial charge in [-0.25, -0.2) is 0 Å².